The quantitative estimate of drug-likeness (QED) is 0.840. The van der Waals surface area contributed by atoms with Crippen molar-refractivity contribution in [3.63, 3.8) is 0 Å². The van der Waals surface area contributed by atoms with Gasteiger partial charge in [-0.2, -0.15) is 0 Å². The van der Waals surface area contributed by atoms with Crippen molar-refractivity contribution in [1.82, 2.24) is 10.4 Å². The van der Waals surface area contributed by atoms with Gasteiger partial charge in [-0.1, -0.05) is 12.1 Å². The normalized spacial score (nSPS) is 15.4. The van der Waals surface area contributed by atoms with Gasteiger partial charge in [0, 0.05) is 17.3 Å². The maximum atomic E-state index is 13.0. The molecule has 142 valence electrons. The summed E-state index contributed by atoms with van der Waals surface area (Å²) < 4.78 is 15.6. The first-order chi connectivity index (χ1) is 13.1. The largest absolute Gasteiger partial charge is 0.497 e. The number of ether oxygens (including phenoxy) is 3. The van der Waals surface area contributed by atoms with Crippen LogP contribution >= 0.6 is 0 Å². The summed E-state index contributed by atoms with van der Waals surface area (Å²) in [5, 5.41) is 4.47. The fourth-order valence-corrected chi connectivity index (χ4v) is 2.89. The van der Waals surface area contributed by atoms with Crippen LogP contribution in [0.2, 0.25) is 0 Å². The summed E-state index contributed by atoms with van der Waals surface area (Å²) >= 11 is 0. The molecule has 8 nitrogen and oxygen atoms in total. The number of rotatable bonds is 5. The predicted octanol–water partition coefficient (Wildman–Crippen LogP) is 2.93. The topological polar surface area (TPSA) is 89.1 Å². The van der Waals surface area contributed by atoms with Crippen molar-refractivity contribution in [2.24, 2.45) is 0 Å². The van der Waals surface area contributed by atoms with Gasteiger partial charge in [-0.25, -0.2) is 15.2 Å². The SMILES string of the molecule is CCOC(=O)NN1C(=O)c2ccccc2N[C@@H]1c1ccc(OC)cc1OC. The highest BCUT2D eigenvalue weighted by Crippen LogP contribution is 2.37. The molecule has 0 saturated carbocycles. The molecule has 0 aromatic heterocycles. The van der Waals surface area contributed by atoms with E-state index in [2.05, 4.69) is 10.7 Å². The van der Waals surface area contributed by atoms with Crippen LogP contribution in [0, 0.1) is 0 Å². The zero-order valence-corrected chi connectivity index (χ0v) is 15.3. The summed E-state index contributed by atoms with van der Waals surface area (Å²) in [6.07, 6.45) is -1.41. The van der Waals surface area contributed by atoms with Crippen LogP contribution in [-0.2, 0) is 4.74 Å². The molecule has 27 heavy (non-hydrogen) atoms. The van der Waals surface area contributed by atoms with Crippen LogP contribution in [0.5, 0.6) is 11.5 Å². The molecule has 0 aliphatic carbocycles. The first-order valence-electron chi connectivity index (χ1n) is 8.43. The zero-order chi connectivity index (χ0) is 19.4. The van der Waals surface area contributed by atoms with Crippen molar-refractivity contribution in [3.05, 3.63) is 53.6 Å². The van der Waals surface area contributed by atoms with E-state index in [1.165, 1.54) is 12.1 Å². The second kappa shape index (κ2) is 7.86. The van der Waals surface area contributed by atoms with Crippen LogP contribution in [0.15, 0.2) is 42.5 Å². The Morgan fingerprint density at radius 3 is 2.67 bits per heavy atom. The molecule has 1 aliphatic rings. The Hall–Kier alpha value is -3.42. The predicted molar refractivity (Wildman–Crippen MR) is 98.7 cm³/mol. The number of fused-ring (bicyclic) bond motifs is 1. The summed E-state index contributed by atoms with van der Waals surface area (Å²) in [4.78, 5) is 25.0. The average Bonchev–Trinajstić information content (AvgIpc) is 2.69. The van der Waals surface area contributed by atoms with E-state index in [1.807, 2.05) is 6.07 Å². The summed E-state index contributed by atoms with van der Waals surface area (Å²) in [5.41, 5.74) is 4.27. The van der Waals surface area contributed by atoms with E-state index in [9.17, 15) is 9.59 Å². The maximum Gasteiger partial charge on any atom is 0.426 e. The molecule has 1 atom stereocenters. The van der Waals surface area contributed by atoms with Crippen molar-refractivity contribution in [2.45, 2.75) is 13.1 Å². The van der Waals surface area contributed by atoms with Crippen molar-refractivity contribution in [2.75, 3.05) is 26.1 Å². The Balaban J connectivity index is 2.05. The highest BCUT2D eigenvalue weighted by Gasteiger charge is 2.36. The molecule has 8 heteroatoms. The van der Waals surface area contributed by atoms with Gasteiger partial charge < -0.3 is 19.5 Å². The number of nitrogens with one attached hydrogen (secondary N) is 2. The third-order valence-corrected chi connectivity index (χ3v) is 4.15. The molecular weight excluding hydrogens is 350 g/mol. The number of hydrazine groups is 1. The molecule has 2 aromatic rings. The molecule has 1 heterocycles. The molecule has 2 N–H and O–H groups in total. The van der Waals surface area contributed by atoms with E-state index in [-0.39, 0.29) is 12.5 Å². The Labute approximate surface area is 157 Å². The van der Waals surface area contributed by atoms with Gasteiger partial charge >= 0.3 is 6.09 Å². The Bertz CT molecular complexity index is 855. The van der Waals surface area contributed by atoms with Gasteiger partial charge in [-0.3, -0.25) is 4.79 Å². The highest BCUT2D eigenvalue weighted by molar-refractivity contribution is 6.02. The fraction of sp³-hybridized carbons (Fsp3) is 0.263. The molecule has 0 fully saturated rings. The number of carbonyl (C=O) groups excluding carboxylic acids is 2. The number of hydrogen-bond acceptors (Lipinski definition) is 6. The molecule has 0 radical (unpaired) electrons. The van der Waals surface area contributed by atoms with E-state index in [1.54, 1.807) is 50.4 Å². The lowest BCUT2D eigenvalue weighted by Gasteiger charge is -2.37. The molecule has 0 bridgehead atoms. The first-order valence-corrected chi connectivity index (χ1v) is 8.43. The van der Waals surface area contributed by atoms with Crippen LogP contribution in [0.3, 0.4) is 0 Å². The van der Waals surface area contributed by atoms with Crippen LogP contribution in [-0.4, -0.2) is 37.8 Å². The number of hydrogen-bond donors (Lipinski definition) is 2. The first kappa shape index (κ1) is 18.4. The summed E-state index contributed by atoms with van der Waals surface area (Å²) in [6.45, 7) is 1.88. The van der Waals surface area contributed by atoms with E-state index < -0.39 is 12.3 Å². The second-order valence-electron chi connectivity index (χ2n) is 5.71. The third kappa shape index (κ3) is 3.59. The molecule has 2 aromatic carbocycles. The monoisotopic (exact) mass is 371 g/mol. The number of methoxy groups -OCH3 is 2. The minimum absolute atomic E-state index is 0.189. The van der Waals surface area contributed by atoms with Gasteiger partial charge in [-0.15, -0.1) is 0 Å². The minimum atomic E-state index is -0.718. The van der Waals surface area contributed by atoms with Gasteiger partial charge in [0.15, 0.2) is 6.17 Å². The van der Waals surface area contributed by atoms with Crippen LogP contribution in [0.25, 0.3) is 0 Å². The van der Waals surface area contributed by atoms with Crippen LogP contribution < -0.4 is 20.2 Å². The average molecular weight is 371 g/mol. The maximum absolute atomic E-state index is 13.0. The number of para-hydroxylation sites is 1. The molecule has 2 amide bonds. The Morgan fingerprint density at radius 2 is 1.96 bits per heavy atom. The van der Waals surface area contributed by atoms with Gasteiger partial charge in [-0.05, 0) is 31.2 Å². The molecule has 3 rings (SSSR count). The second-order valence-corrected chi connectivity index (χ2v) is 5.71. The lowest BCUT2D eigenvalue weighted by molar-refractivity contribution is 0.0504. The van der Waals surface area contributed by atoms with Gasteiger partial charge in [0.1, 0.15) is 11.5 Å². The lowest BCUT2D eigenvalue weighted by atomic mass is 10.0. The third-order valence-electron chi connectivity index (χ3n) is 4.15. The molecule has 0 unspecified atom stereocenters. The summed E-state index contributed by atoms with van der Waals surface area (Å²) in [6, 6.07) is 12.3. The Kier molecular flexibility index (Phi) is 5.35. The highest BCUT2D eigenvalue weighted by atomic mass is 16.6. The lowest BCUT2D eigenvalue weighted by Crippen LogP contribution is -2.53. The van der Waals surface area contributed by atoms with E-state index in [0.717, 1.165) is 0 Å². The smallest absolute Gasteiger partial charge is 0.426 e. The number of carbonyl (C=O) groups is 2. The number of benzene rings is 2. The zero-order valence-electron chi connectivity index (χ0n) is 15.3. The number of anilines is 1. The summed E-state index contributed by atoms with van der Waals surface area (Å²) in [5.74, 6) is 0.762. The molecular formula is C19H21N3O5. The molecule has 0 spiro atoms. The van der Waals surface area contributed by atoms with E-state index in [4.69, 9.17) is 14.2 Å². The number of nitrogens with zero attached hydrogens (tertiary/aromatic N) is 1. The fourth-order valence-electron chi connectivity index (χ4n) is 2.89. The van der Waals surface area contributed by atoms with Crippen molar-refractivity contribution in [3.8, 4) is 11.5 Å². The van der Waals surface area contributed by atoms with Crippen molar-refractivity contribution in [1.29, 1.82) is 0 Å². The van der Waals surface area contributed by atoms with Gasteiger partial charge in [0.2, 0.25) is 0 Å². The van der Waals surface area contributed by atoms with Gasteiger partial charge in [0.25, 0.3) is 5.91 Å². The Morgan fingerprint density at radius 1 is 1.19 bits per heavy atom. The minimum Gasteiger partial charge on any atom is -0.497 e. The van der Waals surface area contributed by atoms with E-state index in [0.29, 0.717) is 28.3 Å². The number of amides is 2. The van der Waals surface area contributed by atoms with E-state index >= 15 is 0 Å². The molecule has 1 aliphatic heterocycles. The van der Waals surface area contributed by atoms with Crippen molar-refractivity contribution >= 4 is 17.7 Å². The summed E-state index contributed by atoms with van der Waals surface area (Å²) in [7, 11) is 3.08. The van der Waals surface area contributed by atoms with Crippen molar-refractivity contribution < 1.29 is 23.8 Å². The van der Waals surface area contributed by atoms with Crippen LogP contribution in [0.4, 0.5) is 10.5 Å². The van der Waals surface area contributed by atoms with Gasteiger partial charge in [0.05, 0.1) is 26.4 Å². The molecule has 0 saturated heterocycles. The van der Waals surface area contributed by atoms with Crippen LogP contribution in [0.1, 0.15) is 29.0 Å². The standard InChI is InChI=1S/C19H21N3O5/c1-4-27-19(24)21-22-17(14-10-9-12(25-2)11-16(14)26-3)20-15-8-6-5-7-13(15)18(22)23/h5-11,17,20H,4H2,1-3H3,(H,21,24)/t17-/m0/s1.